The number of piperidine rings is 1. The van der Waals surface area contributed by atoms with Gasteiger partial charge in [-0.15, -0.1) is 0 Å². The standard InChI is InChI=1S/C13H25N3O2/c1-5-15(4)12(17)9-16-8-6-7-11(13(16)18)14-10(2)3/h10-11,14H,5-9H2,1-4H3. The predicted molar refractivity (Wildman–Crippen MR) is 71.2 cm³/mol. The zero-order valence-corrected chi connectivity index (χ0v) is 11.9. The molecule has 0 bridgehead atoms. The van der Waals surface area contributed by atoms with Gasteiger partial charge in [-0.25, -0.2) is 0 Å². The summed E-state index contributed by atoms with van der Waals surface area (Å²) >= 11 is 0. The van der Waals surface area contributed by atoms with E-state index in [-0.39, 0.29) is 30.4 Å². The van der Waals surface area contributed by atoms with Crippen molar-refractivity contribution in [2.45, 2.75) is 45.7 Å². The lowest BCUT2D eigenvalue weighted by atomic mass is 10.0. The van der Waals surface area contributed by atoms with Crippen molar-refractivity contribution in [2.75, 3.05) is 26.7 Å². The predicted octanol–water partition coefficient (Wildman–Crippen LogP) is 0.454. The molecule has 0 aromatic carbocycles. The van der Waals surface area contributed by atoms with Crippen molar-refractivity contribution in [1.29, 1.82) is 0 Å². The molecule has 1 atom stereocenters. The minimum absolute atomic E-state index is 0.0102. The van der Waals surface area contributed by atoms with E-state index < -0.39 is 0 Å². The molecular formula is C13H25N3O2. The average molecular weight is 255 g/mol. The molecule has 1 heterocycles. The molecule has 0 aromatic heterocycles. The monoisotopic (exact) mass is 255 g/mol. The second kappa shape index (κ2) is 6.73. The second-order valence-electron chi connectivity index (χ2n) is 5.18. The molecule has 5 nitrogen and oxygen atoms in total. The van der Waals surface area contributed by atoms with E-state index in [1.54, 1.807) is 16.8 Å². The smallest absolute Gasteiger partial charge is 0.241 e. The van der Waals surface area contributed by atoms with Gasteiger partial charge in [0.2, 0.25) is 11.8 Å². The minimum atomic E-state index is -0.126. The van der Waals surface area contributed by atoms with Crippen molar-refractivity contribution in [3.63, 3.8) is 0 Å². The van der Waals surface area contributed by atoms with E-state index in [4.69, 9.17) is 0 Å². The summed E-state index contributed by atoms with van der Waals surface area (Å²) in [4.78, 5) is 27.4. The first kappa shape index (κ1) is 15.0. The SMILES string of the molecule is CCN(C)C(=O)CN1CCCC(NC(C)C)C1=O. The number of hydrogen-bond donors (Lipinski definition) is 1. The number of carbonyl (C=O) groups is 2. The van der Waals surface area contributed by atoms with Crippen molar-refractivity contribution >= 4 is 11.8 Å². The number of likely N-dealkylation sites (tertiary alicyclic amines) is 1. The third-order valence-corrected chi connectivity index (χ3v) is 3.29. The van der Waals surface area contributed by atoms with Crippen molar-refractivity contribution in [3.8, 4) is 0 Å². The van der Waals surface area contributed by atoms with Crippen molar-refractivity contribution in [2.24, 2.45) is 0 Å². The Bertz CT molecular complexity index is 305. The quantitative estimate of drug-likeness (QED) is 0.776. The molecule has 1 N–H and O–H groups in total. The van der Waals surface area contributed by atoms with E-state index >= 15 is 0 Å². The highest BCUT2D eigenvalue weighted by Gasteiger charge is 2.30. The molecule has 1 rings (SSSR count). The minimum Gasteiger partial charge on any atom is -0.345 e. The van der Waals surface area contributed by atoms with Crippen LogP contribution in [0.5, 0.6) is 0 Å². The van der Waals surface area contributed by atoms with Gasteiger partial charge in [0.05, 0.1) is 12.6 Å². The van der Waals surface area contributed by atoms with E-state index in [0.717, 1.165) is 12.8 Å². The van der Waals surface area contributed by atoms with E-state index in [2.05, 4.69) is 5.32 Å². The van der Waals surface area contributed by atoms with E-state index in [0.29, 0.717) is 13.1 Å². The summed E-state index contributed by atoms with van der Waals surface area (Å²) in [6, 6.07) is 0.159. The molecule has 104 valence electrons. The summed E-state index contributed by atoms with van der Waals surface area (Å²) in [5.74, 6) is 0.0730. The van der Waals surface area contributed by atoms with Crippen molar-refractivity contribution < 1.29 is 9.59 Å². The van der Waals surface area contributed by atoms with Gasteiger partial charge in [-0.3, -0.25) is 9.59 Å². The lowest BCUT2D eigenvalue weighted by molar-refractivity contribution is -0.143. The first-order valence-corrected chi connectivity index (χ1v) is 6.74. The van der Waals surface area contributed by atoms with Gasteiger partial charge in [0.15, 0.2) is 0 Å². The Balaban J connectivity index is 2.55. The molecule has 0 spiro atoms. The number of nitrogens with zero attached hydrogens (tertiary/aromatic N) is 2. The second-order valence-corrected chi connectivity index (χ2v) is 5.18. The molecule has 1 saturated heterocycles. The third-order valence-electron chi connectivity index (χ3n) is 3.29. The highest BCUT2D eigenvalue weighted by molar-refractivity contribution is 5.88. The average Bonchev–Trinajstić information content (AvgIpc) is 2.32. The van der Waals surface area contributed by atoms with Gasteiger partial charge in [-0.1, -0.05) is 13.8 Å². The van der Waals surface area contributed by atoms with Crippen molar-refractivity contribution in [3.05, 3.63) is 0 Å². The Labute approximate surface area is 110 Å². The maximum atomic E-state index is 12.2. The van der Waals surface area contributed by atoms with Gasteiger partial charge >= 0.3 is 0 Å². The molecule has 18 heavy (non-hydrogen) atoms. The molecule has 0 aromatic rings. The third kappa shape index (κ3) is 3.98. The largest absolute Gasteiger partial charge is 0.345 e. The Hall–Kier alpha value is -1.10. The summed E-state index contributed by atoms with van der Waals surface area (Å²) in [7, 11) is 1.76. The summed E-state index contributed by atoms with van der Waals surface area (Å²) in [6.07, 6.45) is 1.82. The van der Waals surface area contributed by atoms with Crippen LogP contribution in [0, 0.1) is 0 Å². The Morgan fingerprint density at radius 2 is 2.22 bits per heavy atom. The fourth-order valence-corrected chi connectivity index (χ4v) is 2.11. The van der Waals surface area contributed by atoms with Crippen molar-refractivity contribution in [1.82, 2.24) is 15.1 Å². The van der Waals surface area contributed by atoms with Gasteiger partial charge in [0.1, 0.15) is 0 Å². The first-order valence-electron chi connectivity index (χ1n) is 6.74. The van der Waals surface area contributed by atoms with Gasteiger partial charge in [0, 0.05) is 26.2 Å². The van der Waals surface area contributed by atoms with Crippen LogP contribution in [0.15, 0.2) is 0 Å². The van der Waals surface area contributed by atoms with Crippen LogP contribution in [0.4, 0.5) is 0 Å². The number of carbonyl (C=O) groups excluding carboxylic acids is 2. The van der Waals surface area contributed by atoms with Crippen LogP contribution in [0.25, 0.3) is 0 Å². The summed E-state index contributed by atoms with van der Waals surface area (Å²) in [5, 5.41) is 3.26. The molecular weight excluding hydrogens is 230 g/mol. The van der Waals surface area contributed by atoms with Crippen LogP contribution in [-0.4, -0.2) is 60.4 Å². The number of likely N-dealkylation sites (N-methyl/N-ethyl adjacent to an activating group) is 1. The molecule has 1 fully saturated rings. The number of nitrogens with one attached hydrogen (secondary N) is 1. The van der Waals surface area contributed by atoms with Crippen LogP contribution in [0.1, 0.15) is 33.6 Å². The van der Waals surface area contributed by atoms with E-state index in [1.165, 1.54) is 0 Å². The van der Waals surface area contributed by atoms with Gasteiger partial charge < -0.3 is 15.1 Å². The molecule has 1 aliphatic heterocycles. The summed E-state index contributed by atoms with van der Waals surface area (Å²) < 4.78 is 0. The molecule has 0 saturated carbocycles. The number of hydrogen-bond acceptors (Lipinski definition) is 3. The number of amides is 2. The first-order chi connectivity index (χ1) is 8.45. The van der Waals surface area contributed by atoms with Gasteiger partial charge in [0.25, 0.3) is 0 Å². The highest BCUT2D eigenvalue weighted by atomic mass is 16.2. The fourth-order valence-electron chi connectivity index (χ4n) is 2.11. The topological polar surface area (TPSA) is 52.7 Å². The van der Waals surface area contributed by atoms with Crippen LogP contribution in [0.2, 0.25) is 0 Å². The highest BCUT2D eigenvalue weighted by Crippen LogP contribution is 2.12. The van der Waals surface area contributed by atoms with Gasteiger partial charge in [-0.05, 0) is 19.8 Å². The fraction of sp³-hybridized carbons (Fsp3) is 0.846. The molecule has 2 amide bonds. The summed E-state index contributed by atoms with van der Waals surface area (Å²) in [5.41, 5.74) is 0. The molecule has 0 aliphatic carbocycles. The Morgan fingerprint density at radius 3 is 2.78 bits per heavy atom. The summed E-state index contributed by atoms with van der Waals surface area (Å²) in [6.45, 7) is 7.57. The lowest BCUT2D eigenvalue weighted by Gasteiger charge is -2.34. The molecule has 1 aliphatic rings. The molecule has 5 heteroatoms. The van der Waals surface area contributed by atoms with E-state index in [9.17, 15) is 9.59 Å². The lowest BCUT2D eigenvalue weighted by Crippen LogP contribution is -2.54. The van der Waals surface area contributed by atoms with Gasteiger partial charge in [-0.2, -0.15) is 0 Å². The zero-order chi connectivity index (χ0) is 13.7. The Morgan fingerprint density at radius 1 is 1.56 bits per heavy atom. The van der Waals surface area contributed by atoms with Crippen LogP contribution < -0.4 is 5.32 Å². The zero-order valence-electron chi connectivity index (χ0n) is 11.9. The normalized spacial score (nSPS) is 20.4. The van der Waals surface area contributed by atoms with Crippen LogP contribution >= 0.6 is 0 Å². The van der Waals surface area contributed by atoms with E-state index in [1.807, 2.05) is 20.8 Å². The van der Waals surface area contributed by atoms with Crippen LogP contribution in [0.3, 0.4) is 0 Å². The van der Waals surface area contributed by atoms with Crippen LogP contribution in [-0.2, 0) is 9.59 Å². The maximum Gasteiger partial charge on any atom is 0.241 e. The molecule has 0 radical (unpaired) electrons. The maximum absolute atomic E-state index is 12.2. The molecule has 1 unspecified atom stereocenters. The Kier molecular flexibility index (Phi) is 5.59. The number of rotatable bonds is 5.